The third-order valence-corrected chi connectivity index (χ3v) is 0.379. The molecule has 0 aliphatic rings. The van der Waals surface area contributed by atoms with Gasteiger partial charge in [0.15, 0.2) is 0 Å². The van der Waals surface area contributed by atoms with Gasteiger partial charge in [0.05, 0.1) is 0 Å². The van der Waals surface area contributed by atoms with Gasteiger partial charge in [-0.1, -0.05) is 47.8 Å². The molecule has 5 heteroatoms. The molecule has 4 nitrogen and oxygen atoms in total. The molecule has 1 rings (SSSR count). The van der Waals surface area contributed by atoms with Gasteiger partial charge in [0.2, 0.25) is 0 Å². The van der Waals surface area contributed by atoms with Crippen LogP contribution in [-0.2, 0) is 21.7 Å². The van der Waals surface area contributed by atoms with E-state index in [1.165, 1.54) is 6.26 Å². The summed E-state index contributed by atoms with van der Waals surface area (Å²) in [6.07, 6.45) is 1.82. The zero-order valence-electron chi connectivity index (χ0n) is 12.1. The van der Waals surface area contributed by atoms with E-state index in [9.17, 15) is 15.3 Å². The molecule has 1 heterocycles. The van der Waals surface area contributed by atoms with Crippen LogP contribution in [0.15, 0.2) is 23.0 Å². The summed E-state index contributed by atoms with van der Waals surface area (Å²) >= 11 is 0. The maximum atomic E-state index is 9.53. The van der Waals surface area contributed by atoms with E-state index in [-0.39, 0.29) is 21.7 Å². The summed E-state index contributed by atoms with van der Waals surface area (Å²) in [5.74, 6) is 0. The average Bonchev–Trinajstić information content (AvgIpc) is 2.53. The smallest absolute Gasteiger partial charge is 0.852 e. The van der Waals surface area contributed by atoms with Crippen molar-refractivity contribution < 1.29 is 41.5 Å². The molecule has 0 fully saturated rings. The minimum atomic E-state index is -0.417. The van der Waals surface area contributed by atoms with Gasteiger partial charge in [-0.15, -0.1) is 18.3 Å². The SMILES string of the molecule is CC(C)[O-].CC(C)[O-].CC(C)[O-].[Ti+4].[c-]1ccoc1. The molecule has 0 radical (unpaired) electrons. The zero-order valence-corrected chi connectivity index (χ0v) is 13.7. The summed E-state index contributed by atoms with van der Waals surface area (Å²) in [7, 11) is 0. The number of hydrogen-bond acceptors (Lipinski definition) is 4. The first-order valence-corrected chi connectivity index (χ1v) is 5.55. The van der Waals surface area contributed by atoms with Gasteiger partial charge in [-0.05, 0) is 6.26 Å². The van der Waals surface area contributed by atoms with E-state index >= 15 is 0 Å². The number of hydrogen-bond donors (Lipinski definition) is 0. The van der Waals surface area contributed by atoms with Gasteiger partial charge in [0.1, 0.15) is 0 Å². The fraction of sp³-hybridized carbons (Fsp3) is 0.692. The van der Waals surface area contributed by atoms with Gasteiger partial charge in [0, 0.05) is 0 Å². The van der Waals surface area contributed by atoms with Crippen molar-refractivity contribution in [2.24, 2.45) is 0 Å². The van der Waals surface area contributed by atoms with Crippen molar-refractivity contribution in [2.75, 3.05) is 0 Å². The fourth-order valence-electron chi connectivity index (χ4n) is 0.196. The number of rotatable bonds is 0. The minimum Gasteiger partial charge on any atom is -0.852 e. The Bertz CT molecular complexity index is 147. The van der Waals surface area contributed by atoms with Crippen molar-refractivity contribution in [1.82, 2.24) is 0 Å². The second kappa shape index (κ2) is 22.1. The predicted molar refractivity (Wildman–Crippen MR) is 63.0 cm³/mol. The van der Waals surface area contributed by atoms with Gasteiger partial charge in [-0.25, -0.2) is 6.07 Å². The van der Waals surface area contributed by atoms with Crippen LogP contribution in [0.5, 0.6) is 0 Å². The predicted octanol–water partition coefficient (Wildman–Crippen LogP) is 0.343. The van der Waals surface area contributed by atoms with Crippen LogP contribution in [0.4, 0.5) is 0 Å². The van der Waals surface area contributed by atoms with Crippen molar-refractivity contribution in [3.63, 3.8) is 0 Å². The van der Waals surface area contributed by atoms with Crippen molar-refractivity contribution >= 4 is 0 Å². The summed E-state index contributed by atoms with van der Waals surface area (Å²) in [5.41, 5.74) is 0. The molecule has 0 aromatic carbocycles. The van der Waals surface area contributed by atoms with Crippen molar-refractivity contribution in [1.29, 1.82) is 0 Å². The van der Waals surface area contributed by atoms with Crippen LogP contribution in [0.1, 0.15) is 41.5 Å². The van der Waals surface area contributed by atoms with Crippen LogP contribution in [-0.4, -0.2) is 18.3 Å². The second-order valence-corrected chi connectivity index (χ2v) is 3.87. The van der Waals surface area contributed by atoms with Crippen molar-refractivity contribution in [3.8, 4) is 0 Å². The van der Waals surface area contributed by atoms with Crippen molar-refractivity contribution in [2.45, 2.75) is 59.9 Å². The number of furan rings is 1. The molecule has 104 valence electrons. The van der Waals surface area contributed by atoms with Crippen LogP contribution in [0.2, 0.25) is 0 Å². The molecule has 0 amide bonds. The Morgan fingerprint density at radius 3 is 1.17 bits per heavy atom. The zero-order chi connectivity index (χ0) is 14.3. The van der Waals surface area contributed by atoms with Crippen molar-refractivity contribution in [3.05, 3.63) is 24.7 Å². The summed E-state index contributed by atoms with van der Waals surface area (Å²) in [5, 5.41) is 28.6. The largest absolute Gasteiger partial charge is 4.00 e. The summed E-state index contributed by atoms with van der Waals surface area (Å²) in [6.45, 7) is 9.67. The van der Waals surface area contributed by atoms with E-state index in [0.717, 1.165) is 0 Å². The maximum absolute atomic E-state index is 9.53. The molecule has 0 saturated carbocycles. The standard InChI is InChI=1S/C4H3O.3C3H7O.Ti/c1-2-4-5-3-1;3*1-3(2)4;/h1,3-4H;3*3H,1-2H3;/q4*-1;+4. The van der Waals surface area contributed by atoms with E-state index < -0.39 is 18.3 Å². The van der Waals surface area contributed by atoms with Gasteiger partial charge in [-0.3, -0.25) is 0 Å². The molecule has 18 heavy (non-hydrogen) atoms. The Morgan fingerprint density at radius 2 is 1.11 bits per heavy atom. The van der Waals surface area contributed by atoms with E-state index in [0.29, 0.717) is 0 Å². The van der Waals surface area contributed by atoms with Crippen LogP contribution < -0.4 is 15.3 Å². The molecule has 0 aliphatic carbocycles. The molecular formula is C13H24O4Ti. The summed E-state index contributed by atoms with van der Waals surface area (Å²) < 4.78 is 4.53. The van der Waals surface area contributed by atoms with Gasteiger partial charge in [-0.2, -0.15) is 6.07 Å². The molecule has 0 saturated heterocycles. The third-order valence-electron chi connectivity index (χ3n) is 0.379. The molecule has 0 N–H and O–H groups in total. The molecular weight excluding hydrogens is 268 g/mol. The molecule has 0 aliphatic heterocycles. The topological polar surface area (TPSA) is 82.3 Å². The molecule has 0 atom stereocenters. The first kappa shape index (κ1) is 26.4. The molecule has 1 aromatic heterocycles. The Labute approximate surface area is 126 Å². The van der Waals surface area contributed by atoms with Crippen LogP contribution in [0.25, 0.3) is 0 Å². The molecule has 0 unspecified atom stereocenters. The van der Waals surface area contributed by atoms with Gasteiger partial charge < -0.3 is 19.7 Å². The Balaban J connectivity index is -0.0000000719. The first-order chi connectivity index (χ1) is 7.70. The van der Waals surface area contributed by atoms with E-state index in [4.69, 9.17) is 0 Å². The Morgan fingerprint density at radius 1 is 0.833 bits per heavy atom. The fourth-order valence-corrected chi connectivity index (χ4v) is 0.196. The monoisotopic (exact) mass is 292 g/mol. The molecule has 0 bridgehead atoms. The van der Waals surface area contributed by atoms with Gasteiger partial charge >= 0.3 is 21.7 Å². The van der Waals surface area contributed by atoms with Crippen LogP contribution in [0.3, 0.4) is 0 Å². The van der Waals surface area contributed by atoms with E-state index in [1.807, 2.05) is 0 Å². The minimum absolute atomic E-state index is 0. The quantitative estimate of drug-likeness (QED) is 0.510. The molecule has 0 spiro atoms. The normalized spacial score (nSPS) is 8.22. The third kappa shape index (κ3) is 148. The first-order valence-electron chi connectivity index (χ1n) is 5.55. The Hall–Kier alpha value is -0.126. The van der Waals surface area contributed by atoms with E-state index in [2.05, 4.69) is 10.5 Å². The maximum Gasteiger partial charge on any atom is 4.00 e. The average molecular weight is 292 g/mol. The van der Waals surface area contributed by atoms with E-state index in [1.54, 1.807) is 53.9 Å². The summed E-state index contributed by atoms with van der Waals surface area (Å²) in [4.78, 5) is 0. The second-order valence-electron chi connectivity index (χ2n) is 3.87. The van der Waals surface area contributed by atoms with Crippen LogP contribution >= 0.6 is 0 Å². The van der Waals surface area contributed by atoms with Crippen LogP contribution in [0, 0.1) is 6.07 Å². The summed E-state index contributed by atoms with van der Waals surface area (Å²) in [6, 6.07) is 4.40. The Kier molecular flexibility index (Phi) is 32.4. The molecule has 1 aromatic rings. The van der Waals surface area contributed by atoms with Gasteiger partial charge in [0.25, 0.3) is 0 Å².